The van der Waals surface area contributed by atoms with Crippen LogP contribution >= 0.6 is 11.6 Å². The lowest BCUT2D eigenvalue weighted by molar-refractivity contribution is 0.153. The molecule has 126 valence electrons. The fraction of sp³-hybridized carbons (Fsp3) is 0.636. The summed E-state index contributed by atoms with van der Waals surface area (Å²) in [4.78, 5) is 0. The number of rotatable bonds is 5. The van der Waals surface area contributed by atoms with Crippen LogP contribution in [0.4, 0.5) is 0 Å². The van der Waals surface area contributed by atoms with Crippen LogP contribution in [0.25, 0.3) is 0 Å². The zero-order valence-corrected chi connectivity index (χ0v) is 15.1. The summed E-state index contributed by atoms with van der Waals surface area (Å²) >= 11 is 5.96. The maximum absolute atomic E-state index is 5.96. The van der Waals surface area contributed by atoms with Gasteiger partial charge in [0.25, 0.3) is 0 Å². The third kappa shape index (κ3) is 4.86. The molecule has 23 heavy (non-hydrogen) atoms. The molecule has 2 fully saturated rings. The Balaban J connectivity index is 1.38. The van der Waals surface area contributed by atoms with E-state index in [1.807, 2.05) is 12.1 Å². The molecule has 2 saturated carbocycles. The largest absolute Gasteiger partial charge is 0.103 e. The van der Waals surface area contributed by atoms with Gasteiger partial charge in [0.1, 0.15) is 0 Å². The molecule has 0 amide bonds. The van der Waals surface area contributed by atoms with Gasteiger partial charge in [-0.25, -0.2) is 0 Å². The molecule has 0 spiro atoms. The number of benzene rings is 1. The maximum Gasteiger partial charge on any atom is 0.0406 e. The van der Waals surface area contributed by atoms with Gasteiger partial charge in [0.05, 0.1) is 0 Å². The molecule has 0 atom stereocenters. The first-order valence-corrected chi connectivity index (χ1v) is 9.99. The lowest BCUT2D eigenvalue weighted by Crippen LogP contribution is -2.25. The van der Waals surface area contributed by atoms with Crippen LogP contribution in [0.15, 0.2) is 36.9 Å². The highest BCUT2D eigenvalue weighted by Gasteiger charge is 2.30. The molecule has 1 aromatic rings. The third-order valence-electron chi connectivity index (χ3n) is 6.46. The van der Waals surface area contributed by atoms with Gasteiger partial charge in [0, 0.05) is 5.02 Å². The Kier molecular flexibility index (Phi) is 6.22. The standard InChI is InChI=1S/C22H31Cl/c1-2-17-5-11-20(12-6-17)21-13-7-18(8-14-21)3-4-19-9-15-22(23)16-10-19/h2,9-10,15-18,20-21H,1,3-8,11-14H2/t17-,18-,20-,21-. The van der Waals surface area contributed by atoms with Crippen molar-refractivity contribution < 1.29 is 0 Å². The molecular weight excluding hydrogens is 300 g/mol. The first kappa shape index (κ1) is 17.1. The topological polar surface area (TPSA) is 0 Å². The molecule has 0 aromatic heterocycles. The highest BCUT2D eigenvalue weighted by atomic mass is 35.5. The van der Waals surface area contributed by atoms with E-state index in [2.05, 4.69) is 24.8 Å². The molecule has 2 aliphatic carbocycles. The summed E-state index contributed by atoms with van der Waals surface area (Å²) in [6.07, 6.45) is 16.3. The van der Waals surface area contributed by atoms with Gasteiger partial charge in [-0.1, -0.05) is 42.7 Å². The second-order valence-corrected chi connectivity index (χ2v) is 8.29. The molecule has 0 nitrogen and oxygen atoms in total. The van der Waals surface area contributed by atoms with Crippen LogP contribution in [-0.2, 0) is 6.42 Å². The molecule has 3 rings (SSSR count). The van der Waals surface area contributed by atoms with Gasteiger partial charge in [0.2, 0.25) is 0 Å². The van der Waals surface area contributed by atoms with E-state index in [-0.39, 0.29) is 0 Å². The van der Waals surface area contributed by atoms with Gasteiger partial charge in [-0.2, -0.15) is 0 Å². The normalized spacial score (nSPS) is 31.7. The fourth-order valence-electron chi connectivity index (χ4n) is 4.82. The van der Waals surface area contributed by atoms with Gasteiger partial charge in [-0.05, 0) is 92.7 Å². The first-order chi connectivity index (χ1) is 11.2. The predicted octanol–water partition coefficient (Wildman–Crippen LogP) is 7.07. The summed E-state index contributed by atoms with van der Waals surface area (Å²) in [7, 11) is 0. The molecule has 0 aliphatic heterocycles. The Labute approximate surface area is 147 Å². The Morgan fingerprint density at radius 2 is 1.43 bits per heavy atom. The summed E-state index contributed by atoms with van der Waals surface area (Å²) in [5.41, 5.74) is 1.44. The second kappa shape index (κ2) is 8.38. The Hall–Kier alpha value is -0.750. The van der Waals surface area contributed by atoms with E-state index >= 15 is 0 Å². The fourth-order valence-corrected chi connectivity index (χ4v) is 4.95. The van der Waals surface area contributed by atoms with E-state index in [1.54, 1.807) is 0 Å². The van der Waals surface area contributed by atoms with Gasteiger partial charge >= 0.3 is 0 Å². The number of allylic oxidation sites excluding steroid dienone is 1. The molecular formula is C22H31Cl. The average Bonchev–Trinajstić information content (AvgIpc) is 2.62. The van der Waals surface area contributed by atoms with Gasteiger partial charge in [-0.3, -0.25) is 0 Å². The van der Waals surface area contributed by atoms with Crippen LogP contribution in [0.1, 0.15) is 63.4 Å². The van der Waals surface area contributed by atoms with Gasteiger partial charge in [-0.15, -0.1) is 6.58 Å². The number of hydrogen-bond acceptors (Lipinski definition) is 0. The van der Waals surface area contributed by atoms with Crippen molar-refractivity contribution in [2.75, 3.05) is 0 Å². The molecule has 1 aromatic carbocycles. The SMILES string of the molecule is C=C[C@H]1CC[C@H]([C@H]2CC[C@H](CCc3ccc(Cl)cc3)CC2)CC1. The third-order valence-corrected chi connectivity index (χ3v) is 6.71. The quantitative estimate of drug-likeness (QED) is 0.506. The van der Waals surface area contributed by atoms with Crippen molar-refractivity contribution in [1.29, 1.82) is 0 Å². The maximum atomic E-state index is 5.96. The van der Waals surface area contributed by atoms with E-state index in [4.69, 9.17) is 11.6 Å². The Morgan fingerprint density at radius 3 is 2.00 bits per heavy atom. The van der Waals surface area contributed by atoms with Crippen molar-refractivity contribution in [1.82, 2.24) is 0 Å². The van der Waals surface area contributed by atoms with E-state index in [1.165, 1.54) is 69.8 Å². The second-order valence-electron chi connectivity index (χ2n) is 7.86. The number of hydrogen-bond donors (Lipinski definition) is 0. The molecule has 0 N–H and O–H groups in total. The minimum absolute atomic E-state index is 0.807. The molecule has 1 heteroatoms. The van der Waals surface area contributed by atoms with Crippen molar-refractivity contribution >= 4 is 11.6 Å². The summed E-state index contributed by atoms with van der Waals surface area (Å²) in [6, 6.07) is 8.42. The van der Waals surface area contributed by atoms with E-state index in [0.717, 1.165) is 28.7 Å². The van der Waals surface area contributed by atoms with Gasteiger partial charge in [0.15, 0.2) is 0 Å². The molecule has 0 unspecified atom stereocenters. The van der Waals surface area contributed by atoms with Crippen molar-refractivity contribution in [2.24, 2.45) is 23.7 Å². The first-order valence-electron chi connectivity index (χ1n) is 9.61. The number of aryl methyl sites for hydroxylation is 1. The van der Waals surface area contributed by atoms with Crippen molar-refractivity contribution in [2.45, 2.75) is 64.2 Å². The van der Waals surface area contributed by atoms with Crippen LogP contribution in [-0.4, -0.2) is 0 Å². The monoisotopic (exact) mass is 330 g/mol. The Morgan fingerprint density at radius 1 is 0.870 bits per heavy atom. The molecule has 0 saturated heterocycles. The van der Waals surface area contributed by atoms with Crippen LogP contribution in [0.5, 0.6) is 0 Å². The lowest BCUT2D eigenvalue weighted by Gasteiger charge is -2.37. The molecule has 2 aliphatic rings. The number of halogens is 1. The zero-order chi connectivity index (χ0) is 16.1. The average molecular weight is 331 g/mol. The summed E-state index contributed by atoms with van der Waals surface area (Å²) in [5, 5.41) is 0.848. The van der Waals surface area contributed by atoms with Crippen molar-refractivity contribution in [3.05, 3.63) is 47.5 Å². The highest BCUT2D eigenvalue weighted by Crippen LogP contribution is 2.42. The molecule has 0 bridgehead atoms. The highest BCUT2D eigenvalue weighted by molar-refractivity contribution is 6.30. The van der Waals surface area contributed by atoms with Crippen molar-refractivity contribution in [3.63, 3.8) is 0 Å². The minimum atomic E-state index is 0.807. The van der Waals surface area contributed by atoms with E-state index in [9.17, 15) is 0 Å². The molecule has 0 heterocycles. The lowest BCUT2D eigenvalue weighted by atomic mass is 9.68. The smallest absolute Gasteiger partial charge is 0.0406 e. The Bertz CT molecular complexity index is 473. The summed E-state index contributed by atoms with van der Waals surface area (Å²) < 4.78 is 0. The van der Waals surface area contributed by atoms with Crippen LogP contribution in [0.3, 0.4) is 0 Å². The summed E-state index contributed by atoms with van der Waals surface area (Å²) in [5.74, 6) is 3.80. The van der Waals surface area contributed by atoms with Crippen LogP contribution in [0, 0.1) is 23.7 Å². The van der Waals surface area contributed by atoms with Crippen LogP contribution < -0.4 is 0 Å². The van der Waals surface area contributed by atoms with E-state index < -0.39 is 0 Å². The summed E-state index contributed by atoms with van der Waals surface area (Å²) in [6.45, 7) is 3.97. The zero-order valence-electron chi connectivity index (χ0n) is 14.4. The van der Waals surface area contributed by atoms with E-state index in [0.29, 0.717) is 0 Å². The van der Waals surface area contributed by atoms with Crippen molar-refractivity contribution in [3.8, 4) is 0 Å². The predicted molar refractivity (Wildman–Crippen MR) is 101 cm³/mol. The minimum Gasteiger partial charge on any atom is -0.103 e. The molecule has 0 radical (unpaired) electrons. The van der Waals surface area contributed by atoms with Crippen LogP contribution in [0.2, 0.25) is 5.02 Å². The van der Waals surface area contributed by atoms with Gasteiger partial charge < -0.3 is 0 Å².